The third-order valence-electron chi connectivity index (χ3n) is 3.46. The maximum absolute atomic E-state index is 12.2. The molecular weight excluding hydrogens is 244 g/mol. The summed E-state index contributed by atoms with van der Waals surface area (Å²) in [6.07, 6.45) is 0. The summed E-state index contributed by atoms with van der Waals surface area (Å²) < 4.78 is 8.24. The van der Waals surface area contributed by atoms with Crippen molar-refractivity contribution in [3.63, 3.8) is 0 Å². The summed E-state index contributed by atoms with van der Waals surface area (Å²) >= 11 is 0. The first-order valence-electron chi connectivity index (χ1n) is 6.20. The smallest absolute Gasteiger partial charge is 0.331 e. The molecule has 0 fully saturated rings. The van der Waals surface area contributed by atoms with Gasteiger partial charge in [0.1, 0.15) is 12.3 Å². The van der Waals surface area contributed by atoms with Gasteiger partial charge >= 0.3 is 5.69 Å². The van der Waals surface area contributed by atoms with Crippen molar-refractivity contribution in [2.75, 3.05) is 0 Å². The Kier molecular flexibility index (Phi) is 2.55. The van der Waals surface area contributed by atoms with Crippen molar-refractivity contribution < 1.29 is 4.74 Å². The molecule has 0 radical (unpaired) electrons. The van der Waals surface area contributed by atoms with E-state index in [0.717, 1.165) is 15.7 Å². The van der Waals surface area contributed by atoms with Crippen molar-refractivity contribution in [2.24, 2.45) is 7.05 Å². The van der Waals surface area contributed by atoms with Crippen molar-refractivity contribution in [1.29, 1.82) is 0 Å². The highest BCUT2D eigenvalue weighted by Gasteiger charge is 2.25. The summed E-state index contributed by atoms with van der Waals surface area (Å²) in [4.78, 5) is 24.3. The van der Waals surface area contributed by atoms with Gasteiger partial charge in [-0.05, 0) is 12.5 Å². The molecule has 98 valence electrons. The lowest BCUT2D eigenvalue weighted by Crippen LogP contribution is -2.40. The minimum absolute atomic E-state index is 0.266. The predicted octanol–water partition coefficient (Wildman–Crippen LogP) is 1.13. The topological polar surface area (TPSA) is 53.2 Å². The van der Waals surface area contributed by atoms with Crippen LogP contribution >= 0.6 is 0 Å². The Labute approximate surface area is 109 Å². The Morgan fingerprint density at radius 1 is 1.26 bits per heavy atom. The van der Waals surface area contributed by atoms with E-state index in [1.54, 1.807) is 4.57 Å². The molecule has 2 aromatic rings. The predicted molar refractivity (Wildman–Crippen MR) is 71.4 cm³/mol. The second-order valence-electron chi connectivity index (χ2n) is 4.51. The molecule has 0 spiro atoms. The van der Waals surface area contributed by atoms with Gasteiger partial charge in [-0.1, -0.05) is 24.3 Å². The van der Waals surface area contributed by atoms with E-state index in [2.05, 4.69) is 0 Å². The van der Waals surface area contributed by atoms with Gasteiger partial charge in [0, 0.05) is 19.2 Å². The second kappa shape index (κ2) is 4.12. The van der Waals surface area contributed by atoms with Crippen molar-refractivity contribution in [3.05, 3.63) is 50.7 Å². The van der Waals surface area contributed by atoms with Crippen LogP contribution in [0.4, 0.5) is 0 Å². The molecule has 0 atom stereocenters. The molecule has 1 aliphatic rings. The first-order valence-corrected chi connectivity index (χ1v) is 6.20. The van der Waals surface area contributed by atoms with Crippen LogP contribution in [-0.4, -0.2) is 9.13 Å². The zero-order valence-electron chi connectivity index (χ0n) is 10.8. The van der Waals surface area contributed by atoms with E-state index in [4.69, 9.17) is 4.74 Å². The summed E-state index contributed by atoms with van der Waals surface area (Å²) in [7, 11) is 1.47. The number of ether oxygens (including phenoxy) is 1. The van der Waals surface area contributed by atoms with Crippen LogP contribution in [0.25, 0.3) is 11.3 Å². The molecule has 1 aromatic carbocycles. The van der Waals surface area contributed by atoms with Gasteiger partial charge in [0.15, 0.2) is 0 Å². The molecule has 1 aliphatic heterocycles. The van der Waals surface area contributed by atoms with Gasteiger partial charge in [-0.2, -0.15) is 0 Å². The van der Waals surface area contributed by atoms with Crippen molar-refractivity contribution in [3.8, 4) is 17.0 Å². The summed E-state index contributed by atoms with van der Waals surface area (Å²) in [5, 5.41) is 0. The van der Waals surface area contributed by atoms with Crippen LogP contribution in [-0.2, 0) is 20.2 Å². The Morgan fingerprint density at radius 3 is 2.74 bits per heavy atom. The fraction of sp³-hybridized carbons (Fsp3) is 0.286. The average molecular weight is 258 g/mol. The maximum Gasteiger partial charge on any atom is 0.331 e. The third kappa shape index (κ3) is 1.54. The van der Waals surface area contributed by atoms with Crippen LogP contribution in [0.3, 0.4) is 0 Å². The fourth-order valence-electron chi connectivity index (χ4n) is 2.46. The Morgan fingerprint density at radius 2 is 2.00 bits per heavy atom. The third-order valence-corrected chi connectivity index (χ3v) is 3.46. The first-order chi connectivity index (χ1) is 9.15. The van der Waals surface area contributed by atoms with Crippen molar-refractivity contribution >= 4 is 0 Å². The molecule has 1 aromatic heterocycles. The van der Waals surface area contributed by atoms with E-state index in [0.29, 0.717) is 18.8 Å². The van der Waals surface area contributed by atoms with Crippen LogP contribution in [0, 0.1) is 0 Å². The maximum atomic E-state index is 12.2. The van der Waals surface area contributed by atoms with Crippen LogP contribution in [0.15, 0.2) is 33.9 Å². The van der Waals surface area contributed by atoms with E-state index in [9.17, 15) is 9.59 Å². The van der Waals surface area contributed by atoms with Gasteiger partial charge in [-0.25, -0.2) is 4.79 Å². The Balaban J connectivity index is 2.48. The number of fused-ring (bicyclic) bond motifs is 3. The molecule has 0 unspecified atom stereocenters. The monoisotopic (exact) mass is 258 g/mol. The van der Waals surface area contributed by atoms with Crippen LogP contribution in [0.2, 0.25) is 0 Å². The van der Waals surface area contributed by atoms with Crippen LogP contribution in [0.1, 0.15) is 12.5 Å². The average Bonchev–Trinajstić information content (AvgIpc) is 2.45. The summed E-state index contributed by atoms with van der Waals surface area (Å²) in [5.74, 6) is 0.266. The Bertz CT molecular complexity index is 740. The minimum Gasteiger partial charge on any atom is -0.481 e. The molecule has 0 saturated heterocycles. The van der Waals surface area contributed by atoms with E-state index in [1.807, 2.05) is 31.2 Å². The molecular formula is C14H14N2O3. The van der Waals surface area contributed by atoms with E-state index >= 15 is 0 Å². The van der Waals surface area contributed by atoms with Crippen molar-refractivity contribution in [1.82, 2.24) is 9.13 Å². The molecule has 0 saturated carbocycles. The Hall–Kier alpha value is -2.30. The lowest BCUT2D eigenvalue weighted by molar-refractivity contribution is 0.290. The largest absolute Gasteiger partial charge is 0.481 e. The fourth-order valence-corrected chi connectivity index (χ4v) is 2.46. The van der Waals surface area contributed by atoms with Gasteiger partial charge in [0.05, 0.1) is 0 Å². The molecule has 0 bridgehead atoms. The molecule has 3 rings (SSSR count). The molecule has 0 aliphatic carbocycles. The molecule has 19 heavy (non-hydrogen) atoms. The highest BCUT2D eigenvalue weighted by Crippen LogP contribution is 2.33. The highest BCUT2D eigenvalue weighted by molar-refractivity contribution is 5.71. The molecule has 5 heteroatoms. The van der Waals surface area contributed by atoms with Gasteiger partial charge in [0.25, 0.3) is 5.56 Å². The second-order valence-corrected chi connectivity index (χ2v) is 4.51. The molecule has 5 nitrogen and oxygen atoms in total. The molecule has 0 N–H and O–H groups in total. The lowest BCUT2D eigenvalue weighted by Gasteiger charge is -2.23. The summed E-state index contributed by atoms with van der Waals surface area (Å²) in [5.41, 5.74) is 1.80. The van der Waals surface area contributed by atoms with Crippen LogP contribution in [0.5, 0.6) is 5.75 Å². The summed E-state index contributed by atoms with van der Waals surface area (Å²) in [6, 6.07) is 7.68. The van der Waals surface area contributed by atoms with Gasteiger partial charge in [0.2, 0.25) is 5.75 Å². The zero-order valence-corrected chi connectivity index (χ0v) is 10.8. The standard InChI is InChI=1S/C14H14N2O3/c1-3-16-11-10-7-5-4-6-9(10)8-19-12(11)13(17)15(2)14(16)18/h4-7H,3,8H2,1-2H3. The SMILES string of the molecule is CCn1c2c(c(=O)n(C)c1=O)OCc1ccccc1-2. The van der Waals surface area contributed by atoms with Gasteiger partial charge < -0.3 is 4.74 Å². The number of benzene rings is 1. The van der Waals surface area contributed by atoms with E-state index in [-0.39, 0.29) is 17.0 Å². The van der Waals surface area contributed by atoms with E-state index < -0.39 is 0 Å². The van der Waals surface area contributed by atoms with Crippen LogP contribution < -0.4 is 16.0 Å². The number of hydrogen-bond donors (Lipinski definition) is 0. The van der Waals surface area contributed by atoms with Gasteiger partial charge in [-0.15, -0.1) is 0 Å². The van der Waals surface area contributed by atoms with E-state index in [1.165, 1.54) is 7.05 Å². The number of nitrogens with zero attached hydrogens (tertiary/aromatic N) is 2. The van der Waals surface area contributed by atoms with Gasteiger partial charge in [-0.3, -0.25) is 13.9 Å². The summed E-state index contributed by atoms with van der Waals surface area (Å²) in [6.45, 7) is 2.73. The number of aromatic nitrogens is 2. The molecule has 2 heterocycles. The minimum atomic E-state index is -0.376. The lowest BCUT2D eigenvalue weighted by atomic mass is 10.0. The van der Waals surface area contributed by atoms with Crippen molar-refractivity contribution in [2.45, 2.75) is 20.1 Å². The molecule has 0 amide bonds. The number of rotatable bonds is 1. The first kappa shape index (κ1) is 11.8. The normalized spacial score (nSPS) is 12.5. The zero-order chi connectivity index (χ0) is 13.6. The number of hydrogen-bond acceptors (Lipinski definition) is 3. The quantitative estimate of drug-likeness (QED) is 0.770. The highest BCUT2D eigenvalue weighted by atomic mass is 16.5.